The maximum atomic E-state index is 12.7. The van der Waals surface area contributed by atoms with Gasteiger partial charge in [0.1, 0.15) is 0 Å². The SMILES string of the molecule is CCOC(=O)/C=C/c1cccc(Br)c1.CCOC(=O)C1CC1c1cccc(Br)c1.O=C1NN=Cc2c[nH]c3cc(NC(=O)C4CC4c4cccc(Br)c4)cc1c23. The Morgan fingerprint density at radius 2 is 1.45 bits per heavy atom. The molecule has 2 aliphatic carbocycles. The highest BCUT2D eigenvalue weighted by Crippen LogP contribution is 2.49. The summed E-state index contributed by atoms with van der Waals surface area (Å²) in [4.78, 5) is 50.5. The Labute approximate surface area is 349 Å². The molecule has 2 fully saturated rings. The average Bonchev–Trinajstić information content (AvgIpc) is 4.11. The Balaban J connectivity index is 0.000000156. The van der Waals surface area contributed by atoms with Gasteiger partial charge < -0.3 is 19.8 Å². The van der Waals surface area contributed by atoms with Crippen LogP contribution in [0.2, 0.25) is 0 Å². The van der Waals surface area contributed by atoms with Crippen molar-refractivity contribution < 1.29 is 28.7 Å². The van der Waals surface area contributed by atoms with Crippen molar-refractivity contribution in [1.29, 1.82) is 0 Å². The van der Waals surface area contributed by atoms with Gasteiger partial charge in [0, 0.05) is 53.8 Å². The van der Waals surface area contributed by atoms with Crippen LogP contribution in [0.1, 0.15) is 71.1 Å². The van der Waals surface area contributed by atoms with Crippen molar-refractivity contribution in [3.63, 3.8) is 0 Å². The minimum atomic E-state index is -0.313. The van der Waals surface area contributed by atoms with Gasteiger partial charge in [0.15, 0.2) is 0 Å². The van der Waals surface area contributed by atoms with Gasteiger partial charge in [0.05, 0.1) is 30.9 Å². The molecular weight excluding hydrogens is 908 g/mol. The molecule has 5 aromatic rings. The van der Waals surface area contributed by atoms with Crippen LogP contribution in [0.25, 0.3) is 17.0 Å². The summed E-state index contributed by atoms with van der Waals surface area (Å²) in [6, 6.07) is 27.4. The number of carbonyl (C=O) groups excluding carboxylic acids is 4. The van der Waals surface area contributed by atoms with E-state index in [0.717, 1.165) is 53.9 Å². The maximum absolute atomic E-state index is 12.7. The Bertz CT molecular complexity index is 2320. The number of hydrogen-bond donors (Lipinski definition) is 3. The van der Waals surface area contributed by atoms with Crippen LogP contribution in [-0.4, -0.2) is 48.2 Å². The molecule has 56 heavy (non-hydrogen) atoms. The Kier molecular flexibility index (Phi) is 13.7. The fraction of sp³-hybridized carbons (Fsp3) is 0.233. The molecule has 4 unspecified atom stereocenters. The van der Waals surface area contributed by atoms with E-state index in [1.165, 1.54) is 11.6 Å². The normalized spacial score (nSPS) is 18.7. The van der Waals surface area contributed by atoms with Crippen molar-refractivity contribution in [2.45, 2.75) is 38.5 Å². The van der Waals surface area contributed by atoms with Crippen LogP contribution >= 0.6 is 47.8 Å². The smallest absolute Gasteiger partial charge is 0.330 e. The molecule has 2 heterocycles. The van der Waals surface area contributed by atoms with E-state index in [9.17, 15) is 19.2 Å². The Morgan fingerprint density at radius 3 is 2.09 bits per heavy atom. The molecule has 0 spiro atoms. The lowest BCUT2D eigenvalue weighted by atomic mass is 10.0. The lowest BCUT2D eigenvalue weighted by Crippen LogP contribution is -2.18. The number of aromatic amines is 1. The Hall–Kier alpha value is -4.85. The van der Waals surface area contributed by atoms with Gasteiger partial charge in [-0.15, -0.1) is 0 Å². The third kappa shape index (κ3) is 10.7. The highest BCUT2D eigenvalue weighted by atomic mass is 79.9. The minimum absolute atomic E-state index is 0.0245. The van der Waals surface area contributed by atoms with Gasteiger partial charge in [-0.1, -0.05) is 84.2 Å². The van der Waals surface area contributed by atoms with E-state index in [-0.39, 0.29) is 41.5 Å². The molecule has 2 amide bonds. The van der Waals surface area contributed by atoms with E-state index in [0.29, 0.717) is 30.4 Å². The van der Waals surface area contributed by atoms with Crippen molar-refractivity contribution in [1.82, 2.24) is 10.4 Å². The van der Waals surface area contributed by atoms with Crippen LogP contribution < -0.4 is 10.7 Å². The van der Waals surface area contributed by atoms with Crippen LogP contribution in [0.15, 0.2) is 116 Å². The van der Waals surface area contributed by atoms with E-state index >= 15 is 0 Å². The second-order valence-electron chi connectivity index (χ2n) is 13.3. The number of carbonyl (C=O) groups is 4. The van der Waals surface area contributed by atoms with Crippen LogP contribution in [0.4, 0.5) is 5.69 Å². The van der Waals surface area contributed by atoms with Crippen molar-refractivity contribution in [3.05, 3.63) is 138 Å². The summed E-state index contributed by atoms with van der Waals surface area (Å²) in [5, 5.41) is 7.69. The zero-order valence-corrected chi connectivity index (χ0v) is 35.3. The number of hydrazone groups is 1. The number of H-pyrrole nitrogens is 1. The van der Waals surface area contributed by atoms with E-state index in [1.807, 2.05) is 67.6 Å². The summed E-state index contributed by atoms with van der Waals surface area (Å²) >= 11 is 10.3. The molecule has 0 radical (unpaired) electrons. The molecule has 3 aliphatic rings. The second-order valence-corrected chi connectivity index (χ2v) is 16.0. The number of halogens is 3. The molecule has 1 aliphatic heterocycles. The minimum Gasteiger partial charge on any atom is -0.466 e. The predicted octanol–water partition coefficient (Wildman–Crippen LogP) is 9.89. The number of nitrogens with one attached hydrogen (secondary N) is 3. The van der Waals surface area contributed by atoms with Gasteiger partial charge in [-0.2, -0.15) is 5.10 Å². The number of esters is 2. The molecule has 3 N–H and O–H groups in total. The zero-order chi connectivity index (χ0) is 39.8. The largest absolute Gasteiger partial charge is 0.466 e. The Morgan fingerprint density at radius 1 is 0.821 bits per heavy atom. The number of nitrogens with zero attached hydrogens (tertiary/aromatic N) is 1. The molecule has 13 heteroatoms. The molecule has 4 aromatic carbocycles. The van der Waals surface area contributed by atoms with Crippen LogP contribution in [0.5, 0.6) is 0 Å². The molecule has 1 aromatic heterocycles. The molecule has 10 nitrogen and oxygen atoms in total. The second kappa shape index (κ2) is 18.9. The average molecular weight is 948 g/mol. The summed E-state index contributed by atoms with van der Waals surface area (Å²) in [6.45, 7) is 4.50. The van der Waals surface area contributed by atoms with Gasteiger partial charge in [0.2, 0.25) is 5.91 Å². The summed E-state index contributed by atoms with van der Waals surface area (Å²) in [7, 11) is 0. The maximum Gasteiger partial charge on any atom is 0.330 e. The summed E-state index contributed by atoms with van der Waals surface area (Å²) in [5.74, 6) is -0.0458. The van der Waals surface area contributed by atoms with Gasteiger partial charge in [-0.05, 0) is 110 Å². The molecular formula is C43H39Br3N4O6. The molecule has 4 atom stereocenters. The number of ether oxygens (including phenoxy) is 2. The first-order valence-corrected chi connectivity index (χ1v) is 20.5. The van der Waals surface area contributed by atoms with Crippen LogP contribution in [0.3, 0.4) is 0 Å². The highest BCUT2D eigenvalue weighted by Gasteiger charge is 2.45. The number of rotatable bonds is 9. The first-order valence-electron chi connectivity index (χ1n) is 18.1. The monoisotopic (exact) mass is 944 g/mol. The van der Waals surface area contributed by atoms with Gasteiger partial charge in [0.25, 0.3) is 5.91 Å². The van der Waals surface area contributed by atoms with Gasteiger partial charge in [-0.3, -0.25) is 14.4 Å². The molecule has 0 bridgehead atoms. The lowest BCUT2D eigenvalue weighted by Gasteiger charge is -2.09. The van der Waals surface area contributed by atoms with Crippen molar-refractivity contribution in [2.24, 2.45) is 16.9 Å². The van der Waals surface area contributed by atoms with Crippen LogP contribution in [0, 0.1) is 11.8 Å². The van der Waals surface area contributed by atoms with Crippen LogP contribution in [-0.2, 0) is 23.9 Å². The van der Waals surface area contributed by atoms with Crippen molar-refractivity contribution >= 4 is 100 Å². The third-order valence-electron chi connectivity index (χ3n) is 9.30. The molecule has 8 rings (SSSR count). The summed E-state index contributed by atoms with van der Waals surface area (Å²) in [5.41, 5.74) is 8.57. The number of hydrogen-bond acceptors (Lipinski definition) is 7. The summed E-state index contributed by atoms with van der Waals surface area (Å²) < 4.78 is 12.8. The van der Waals surface area contributed by atoms with E-state index in [4.69, 9.17) is 9.47 Å². The van der Waals surface area contributed by atoms with E-state index < -0.39 is 0 Å². The number of benzene rings is 4. The molecule has 2 saturated carbocycles. The van der Waals surface area contributed by atoms with Gasteiger partial charge >= 0.3 is 11.9 Å². The van der Waals surface area contributed by atoms with E-state index in [2.05, 4.69) is 86.8 Å². The fourth-order valence-electron chi connectivity index (χ4n) is 6.47. The molecule has 0 saturated heterocycles. The van der Waals surface area contributed by atoms with Crippen molar-refractivity contribution in [2.75, 3.05) is 18.5 Å². The lowest BCUT2D eigenvalue weighted by molar-refractivity contribution is -0.144. The standard InChI is InChI=1S/C20H15BrN4O2.C12H13BrO2.C11H11BrO2/c21-12-3-1-2-10(4-12)14-7-15(14)19(26)24-13-5-16-18-11(8-22-17(18)6-13)9-23-25-20(16)27;1-2-15-12(14)11-7-10(11)8-4-3-5-9(13)6-8;1-2-14-11(13)7-6-9-4-3-5-10(12)8-9/h1-6,8-9,14-15,22H,7H2,(H,24,26)(H,25,27);3-6,10-11H,2,7H2,1H3;3-8H,2H2,1H3/b;;7-6+. The third-order valence-corrected chi connectivity index (χ3v) is 10.8. The number of anilines is 1. The van der Waals surface area contributed by atoms with Crippen molar-refractivity contribution in [3.8, 4) is 0 Å². The zero-order valence-electron chi connectivity index (χ0n) is 30.6. The predicted molar refractivity (Wildman–Crippen MR) is 228 cm³/mol. The van der Waals surface area contributed by atoms with Gasteiger partial charge in [-0.25, -0.2) is 10.2 Å². The first kappa shape index (κ1) is 40.8. The first-order chi connectivity index (χ1) is 27.0. The number of aromatic nitrogens is 1. The summed E-state index contributed by atoms with van der Waals surface area (Å²) in [6.07, 6.45) is 8.31. The quantitative estimate of drug-likeness (QED) is 0.0994. The number of amides is 2. The molecule has 288 valence electrons. The topological polar surface area (TPSA) is 139 Å². The van der Waals surface area contributed by atoms with E-state index in [1.54, 1.807) is 31.5 Å². The highest BCUT2D eigenvalue weighted by molar-refractivity contribution is 9.11. The fourth-order valence-corrected chi connectivity index (χ4v) is 7.72.